The summed E-state index contributed by atoms with van der Waals surface area (Å²) in [4.78, 5) is 21.5. The summed E-state index contributed by atoms with van der Waals surface area (Å²) >= 11 is 0. The molecule has 1 amide bonds. The van der Waals surface area contributed by atoms with Gasteiger partial charge >= 0.3 is 0 Å². The van der Waals surface area contributed by atoms with Crippen molar-refractivity contribution in [2.45, 2.75) is 6.42 Å². The van der Waals surface area contributed by atoms with Gasteiger partial charge in [0.25, 0.3) is 5.91 Å². The zero-order valence-electron chi connectivity index (χ0n) is 15.0. The van der Waals surface area contributed by atoms with E-state index in [1.54, 1.807) is 0 Å². The number of carbonyl (C=O) groups excluding carboxylic acids is 1. The molecule has 1 atom stereocenters. The topological polar surface area (TPSA) is 36.4 Å². The number of nitrogens with zero attached hydrogens (tertiary/aromatic N) is 3. The highest BCUT2D eigenvalue weighted by Crippen LogP contribution is 2.24. The lowest BCUT2D eigenvalue weighted by molar-refractivity contribution is 0.0771. The van der Waals surface area contributed by atoms with Crippen LogP contribution in [0.5, 0.6) is 0 Å². The van der Waals surface area contributed by atoms with Crippen LogP contribution < -0.4 is 4.90 Å². The van der Waals surface area contributed by atoms with Crippen molar-refractivity contribution in [3.05, 3.63) is 72.4 Å². The predicted molar refractivity (Wildman–Crippen MR) is 105 cm³/mol. The maximum Gasteiger partial charge on any atom is 0.272 e. The summed E-state index contributed by atoms with van der Waals surface area (Å²) in [6.07, 6.45) is 1.11. The molecular weight excluding hydrogens is 322 g/mol. The van der Waals surface area contributed by atoms with Crippen LogP contribution in [-0.2, 0) is 0 Å². The van der Waals surface area contributed by atoms with Gasteiger partial charge < -0.3 is 9.80 Å². The number of hydrogen-bond acceptors (Lipinski definition) is 3. The quantitative estimate of drug-likeness (QED) is 0.721. The number of anilines is 1. The van der Waals surface area contributed by atoms with E-state index in [4.69, 9.17) is 0 Å². The molecule has 0 spiro atoms. The number of pyridine rings is 1. The van der Waals surface area contributed by atoms with Gasteiger partial charge in [0.2, 0.25) is 0 Å². The van der Waals surface area contributed by atoms with Crippen LogP contribution in [0.2, 0.25) is 0 Å². The average Bonchev–Trinajstić information content (AvgIpc) is 3.16. The SMILES string of the molecule is CN(C[C@@H]1CCN(c2ccccc2)C1)C(=O)c1ccc2ccccc2n1. The monoisotopic (exact) mass is 345 g/mol. The highest BCUT2D eigenvalue weighted by molar-refractivity contribution is 5.94. The van der Waals surface area contributed by atoms with Crippen LogP contribution in [0.1, 0.15) is 16.9 Å². The highest BCUT2D eigenvalue weighted by atomic mass is 16.2. The number of rotatable bonds is 4. The molecule has 4 heteroatoms. The largest absolute Gasteiger partial charge is 0.371 e. The van der Waals surface area contributed by atoms with E-state index in [0.717, 1.165) is 37.0 Å². The Labute approximate surface area is 154 Å². The van der Waals surface area contributed by atoms with Crippen LogP contribution >= 0.6 is 0 Å². The van der Waals surface area contributed by atoms with Gasteiger partial charge in [-0.2, -0.15) is 0 Å². The molecule has 1 aromatic heterocycles. The van der Waals surface area contributed by atoms with Crippen LogP contribution in [0.4, 0.5) is 5.69 Å². The lowest BCUT2D eigenvalue weighted by Crippen LogP contribution is -2.33. The van der Waals surface area contributed by atoms with Gasteiger partial charge in [0.05, 0.1) is 5.52 Å². The van der Waals surface area contributed by atoms with Crippen LogP contribution in [-0.4, -0.2) is 42.5 Å². The summed E-state index contributed by atoms with van der Waals surface area (Å²) in [6, 6.07) is 22.2. The van der Waals surface area contributed by atoms with Crippen LogP contribution in [0.25, 0.3) is 10.9 Å². The minimum atomic E-state index is -0.00564. The molecule has 0 N–H and O–H groups in total. The fraction of sp³-hybridized carbons (Fsp3) is 0.273. The van der Waals surface area contributed by atoms with Crippen LogP contribution in [0.3, 0.4) is 0 Å². The molecule has 4 nitrogen and oxygen atoms in total. The molecule has 1 aliphatic rings. The molecule has 1 fully saturated rings. The molecule has 3 aromatic rings. The predicted octanol–water partition coefficient (Wildman–Crippen LogP) is 3.83. The molecule has 0 unspecified atom stereocenters. The maximum atomic E-state index is 12.8. The lowest BCUT2D eigenvalue weighted by Gasteiger charge is -2.22. The minimum absolute atomic E-state index is 0.00564. The van der Waals surface area contributed by atoms with Crippen molar-refractivity contribution in [3.63, 3.8) is 0 Å². The van der Waals surface area contributed by atoms with Gasteiger partial charge in [-0.1, -0.05) is 42.5 Å². The fourth-order valence-corrected chi connectivity index (χ4v) is 3.71. The Kier molecular flexibility index (Phi) is 4.57. The smallest absolute Gasteiger partial charge is 0.272 e. The first kappa shape index (κ1) is 16.6. The molecule has 1 aliphatic heterocycles. The Morgan fingerprint density at radius 2 is 1.85 bits per heavy atom. The van der Waals surface area contributed by atoms with E-state index >= 15 is 0 Å². The first-order chi connectivity index (χ1) is 12.7. The molecule has 26 heavy (non-hydrogen) atoms. The van der Waals surface area contributed by atoms with Gasteiger partial charge in [-0.25, -0.2) is 4.98 Å². The number of para-hydroxylation sites is 2. The Morgan fingerprint density at radius 3 is 2.69 bits per heavy atom. The van der Waals surface area contributed by atoms with Gasteiger partial charge in [-0.15, -0.1) is 0 Å². The first-order valence-electron chi connectivity index (χ1n) is 9.12. The van der Waals surface area contributed by atoms with E-state index in [0.29, 0.717) is 11.6 Å². The standard InChI is InChI=1S/C22H23N3O/c1-24(15-17-13-14-25(16-17)19-8-3-2-4-9-19)22(26)21-12-11-18-7-5-6-10-20(18)23-21/h2-12,17H,13-16H2,1H3/t17-/m0/s1. The van der Waals surface area contributed by atoms with E-state index in [-0.39, 0.29) is 5.91 Å². The second-order valence-electron chi connectivity index (χ2n) is 7.01. The Bertz CT molecular complexity index is 909. The van der Waals surface area contributed by atoms with Crippen molar-refractivity contribution >= 4 is 22.5 Å². The first-order valence-corrected chi connectivity index (χ1v) is 9.12. The fourth-order valence-electron chi connectivity index (χ4n) is 3.71. The number of fused-ring (bicyclic) bond motifs is 1. The molecule has 2 heterocycles. The Balaban J connectivity index is 1.41. The summed E-state index contributed by atoms with van der Waals surface area (Å²) in [7, 11) is 1.88. The number of carbonyl (C=O) groups is 1. The molecule has 132 valence electrons. The number of benzene rings is 2. The second-order valence-corrected chi connectivity index (χ2v) is 7.01. The van der Waals surface area contributed by atoms with E-state index in [2.05, 4.69) is 34.1 Å². The van der Waals surface area contributed by atoms with E-state index in [1.165, 1.54) is 5.69 Å². The van der Waals surface area contributed by atoms with Gasteiger partial charge in [-0.05, 0) is 36.6 Å². The molecule has 0 saturated carbocycles. The van der Waals surface area contributed by atoms with Gasteiger partial charge in [0.15, 0.2) is 0 Å². The van der Waals surface area contributed by atoms with Gasteiger partial charge in [0, 0.05) is 37.8 Å². The third-order valence-electron chi connectivity index (χ3n) is 5.10. The van der Waals surface area contributed by atoms with E-state index in [1.807, 2.05) is 54.4 Å². The second kappa shape index (κ2) is 7.16. The summed E-state index contributed by atoms with van der Waals surface area (Å²) in [5.74, 6) is 0.485. The van der Waals surface area contributed by atoms with E-state index in [9.17, 15) is 4.79 Å². The summed E-state index contributed by atoms with van der Waals surface area (Å²) in [5, 5.41) is 1.06. The highest BCUT2D eigenvalue weighted by Gasteiger charge is 2.25. The van der Waals surface area contributed by atoms with Gasteiger partial charge in [-0.3, -0.25) is 4.79 Å². The van der Waals surface area contributed by atoms with Crippen molar-refractivity contribution < 1.29 is 4.79 Å². The number of aromatic nitrogens is 1. The molecule has 2 aromatic carbocycles. The third-order valence-corrected chi connectivity index (χ3v) is 5.10. The molecule has 0 aliphatic carbocycles. The number of amides is 1. The minimum Gasteiger partial charge on any atom is -0.371 e. The molecule has 4 rings (SSSR count). The molecule has 0 radical (unpaired) electrons. The van der Waals surface area contributed by atoms with Crippen LogP contribution in [0, 0.1) is 5.92 Å². The summed E-state index contributed by atoms with van der Waals surface area (Å²) in [5.41, 5.74) is 2.65. The summed E-state index contributed by atoms with van der Waals surface area (Å²) < 4.78 is 0. The van der Waals surface area contributed by atoms with Crippen molar-refractivity contribution in [3.8, 4) is 0 Å². The zero-order chi connectivity index (χ0) is 17.9. The molecule has 1 saturated heterocycles. The van der Waals surface area contributed by atoms with Crippen molar-refractivity contribution in [1.29, 1.82) is 0 Å². The lowest BCUT2D eigenvalue weighted by atomic mass is 10.1. The van der Waals surface area contributed by atoms with Crippen molar-refractivity contribution in [2.24, 2.45) is 5.92 Å². The van der Waals surface area contributed by atoms with Crippen molar-refractivity contribution in [2.75, 3.05) is 31.6 Å². The van der Waals surface area contributed by atoms with Gasteiger partial charge in [0.1, 0.15) is 5.69 Å². The number of hydrogen-bond donors (Lipinski definition) is 0. The van der Waals surface area contributed by atoms with Crippen molar-refractivity contribution in [1.82, 2.24) is 9.88 Å². The normalized spacial score (nSPS) is 16.8. The maximum absolute atomic E-state index is 12.8. The molecular formula is C22H23N3O. The average molecular weight is 345 g/mol. The van der Waals surface area contributed by atoms with E-state index < -0.39 is 0 Å². The summed E-state index contributed by atoms with van der Waals surface area (Å²) in [6.45, 7) is 2.80. The van der Waals surface area contributed by atoms with Crippen LogP contribution in [0.15, 0.2) is 66.7 Å². The molecule has 0 bridgehead atoms. The zero-order valence-corrected chi connectivity index (χ0v) is 15.0. The third kappa shape index (κ3) is 3.40. The Hall–Kier alpha value is -2.88. The Morgan fingerprint density at radius 1 is 1.08 bits per heavy atom.